The molecule has 1 aromatic rings. The van der Waals surface area contributed by atoms with Crippen LogP contribution in [-0.4, -0.2) is 48.9 Å². The normalized spacial score (nSPS) is 23.5. The van der Waals surface area contributed by atoms with Crippen LogP contribution in [0.4, 0.5) is 4.79 Å². The number of piperidine rings is 1. The van der Waals surface area contributed by atoms with Crippen molar-refractivity contribution in [2.75, 3.05) is 26.2 Å². The van der Waals surface area contributed by atoms with Crippen molar-refractivity contribution >= 4 is 17.7 Å². The molecule has 0 aliphatic carbocycles. The molecule has 0 aromatic heterocycles. The lowest BCUT2D eigenvalue weighted by Gasteiger charge is -2.35. The summed E-state index contributed by atoms with van der Waals surface area (Å²) in [7, 11) is 0. The van der Waals surface area contributed by atoms with E-state index in [-0.39, 0.29) is 12.0 Å². The number of benzene rings is 1. The van der Waals surface area contributed by atoms with Gasteiger partial charge in [0.25, 0.3) is 0 Å². The van der Waals surface area contributed by atoms with Gasteiger partial charge >= 0.3 is 12.0 Å². The Hall–Kier alpha value is -2.21. The number of carbonyl (C=O) groups excluding carboxylic acids is 2. The zero-order valence-corrected chi connectivity index (χ0v) is 16.5. The van der Waals surface area contributed by atoms with E-state index in [1.165, 1.54) is 6.42 Å². The van der Waals surface area contributed by atoms with Crippen molar-refractivity contribution in [1.29, 1.82) is 0 Å². The zero-order chi connectivity index (χ0) is 19.4. The number of amides is 2. The Balaban J connectivity index is 1.96. The Morgan fingerprint density at radius 2 is 2.00 bits per heavy atom. The van der Waals surface area contributed by atoms with E-state index < -0.39 is 12.0 Å². The predicted octanol–water partition coefficient (Wildman–Crippen LogP) is 3.17. The Morgan fingerprint density at radius 3 is 2.70 bits per heavy atom. The zero-order valence-electron chi connectivity index (χ0n) is 16.5. The minimum absolute atomic E-state index is 0.305. The second-order valence-electron chi connectivity index (χ2n) is 7.46. The summed E-state index contributed by atoms with van der Waals surface area (Å²) in [6.45, 7) is 8.61. The van der Waals surface area contributed by atoms with Crippen LogP contribution in [-0.2, 0) is 9.53 Å². The molecule has 2 atom stereocenters. The molecule has 2 aliphatic rings. The summed E-state index contributed by atoms with van der Waals surface area (Å²) in [5.41, 5.74) is 3.70. The van der Waals surface area contributed by atoms with Gasteiger partial charge in [-0.3, -0.25) is 9.69 Å². The largest absolute Gasteiger partial charge is 0.465 e. The highest BCUT2D eigenvalue weighted by atomic mass is 16.5. The molecule has 2 aliphatic heterocycles. The molecule has 27 heavy (non-hydrogen) atoms. The molecule has 0 saturated carbocycles. The van der Waals surface area contributed by atoms with E-state index in [1.807, 2.05) is 32.0 Å². The van der Waals surface area contributed by atoms with Crippen LogP contribution in [0.1, 0.15) is 48.9 Å². The summed E-state index contributed by atoms with van der Waals surface area (Å²) in [4.78, 5) is 31.7. The number of likely N-dealkylation sites (tertiary alicyclic amines) is 1. The smallest absolute Gasteiger partial charge is 0.341 e. The van der Waals surface area contributed by atoms with E-state index in [0.717, 1.165) is 42.6 Å². The molecule has 2 heterocycles. The third-order valence-electron chi connectivity index (χ3n) is 5.36. The second kappa shape index (κ2) is 8.65. The summed E-state index contributed by atoms with van der Waals surface area (Å²) in [5.74, 6) is -0.913. The molecule has 3 rings (SSSR count). The maximum absolute atomic E-state index is 12.9. The molecule has 1 saturated heterocycles. The SMILES string of the molecule is CCOC(=O)C1C(CN2CCCCC2)=NC(=O)NC1c1cc(C)ccc1C. The van der Waals surface area contributed by atoms with E-state index >= 15 is 0 Å². The lowest BCUT2D eigenvalue weighted by molar-refractivity contribution is -0.146. The first-order valence-electron chi connectivity index (χ1n) is 9.83. The molecule has 6 nitrogen and oxygen atoms in total. The van der Waals surface area contributed by atoms with Gasteiger partial charge in [-0.2, -0.15) is 0 Å². The maximum Gasteiger partial charge on any atom is 0.341 e. The maximum atomic E-state index is 12.9. The van der Waals surface area contributed by atoms with Crippen molar-refractivity contribution in [1.82, 2.24) is 10.2 Å². The van der Waals surface area contributed by atoms with Gasteiger partial charge in [-0.05, 0) is 57.8 Å². The number of ether oxygens (including phenoxy) is 1. The minimum Gasteiger partial charge on any atom is -0.465 e. The molecule has 6 heteroatoms. The average Bonchev–Trinajstić information content (AvgIpc) is 2.64. The van der Waals surface area contributed by atoms with Gasteiger partial charge in [0.2, 0.25) is 0 Å². The van der Waals surface area contributed by atoms with E-state index in [9.17, 15) is 9.59 Å². The van der Waals surface area contributed by atoms with E-state index in [1.54, 1.807) is 6.92 Å². The van der Waals surface area contributed by atoms with Gasteiger partial charge in [-0.15, -0.1) is 0 Å². The molecular weight excluding hydrogens is 342 g/mol. The molecule has 146 valence electrons. The van der Waals surface area contributed by atoms with Gasteiger partial charge in [0.1, 0.15) is 5.92 Å². The monoisotopic (exact) mass is 371 g/mol. The third-order valence-corrected chi connectivity index (χ3v) is 5.36. The predicted molar refractivity (Wildman–Crippen MR) is 105 cm³/mol. The summed E-state index contributed by atoms with van der Waals surface area (Å²) >= 11 is 0. The Morgan fingerprint density at radius 1 is 1.26 bits per heavy atom. The van der Waals surface area contributed by atoms with Gasteiger partial charge in [-0.1, -0.05) is 30.2 Å². The number of hydrogen-bond acceptors (Lipinski definition) is 4. The molecular formula is C21H29N3O3. The lowest BCUT2D eigenvalue weighted by atomic mass is 9.84. The molecule has 0 spiro atoms. The molecule has 0 radical (unpaired) electrons. The summed E-state index contributed by atoms with van der Waals surface area (Å²) in [6, 6.07) is 5.26. The van der Waals surface area contributed by atoms with Crippen LogP contribution in [0, 0.1) is 19.8 Å². The number of esters is 1. The number of aryl methyl sites for hydroxylation is 2. The fourth-order valence-electron chi connectivity index (χ4n) is 3.98. The highest BCUT2D eigenvalue weighted by Gasteiger charge is 2.40. The van der Waals surface area contributed by atoms with E-state index in [0.29, 0.717) is 18.9 Å². The van der Waals surface area contributed by atoms with Crippen molar-refractivity contribution in [3.05, 3.63) is 34.9 Å². The molecule has 2 amide bonds. The van der Waals surface area contributed by atoms with E-state index in [4.69, 9.17) is 4.74 Å². The number of rotatable bonds is 5. The Labute approximate surface area is 161 Å². The van der Waals surface area contributed by atoms with Gasteiger partial charge in [-0.25, -0.2) is 9.79 Å². The first-order chi connectivity index (χ1) is 13.0. The van der Waals surface area contributed by atoms with Crippen molar-refractivity contribution in [3.63, 3.8) is 0 Å². The van der Waals surface area contributed by atoms with Crippen molar-refractivity contribution < 1.29 is 14.3 Å². The summed E-state index contributed by atoms with van der Waals surface area (Å²) in [6.07, 6.45) is 3.52. The molecule has 1 aromatic carbocycles. The standard InChI is InChI=1S/C21H29N3O3/c1-4-27-20(25)18-17(13-24-10-6-5-7-11-24)22-21(26)23-19(18)16-12-14(2)8-9-15(16)3/h8-9,12,18-19H,4-7,10-11,13H2,1-3H3,(H,23,26). The minimum atomic E-state index is -0.593. The van der Waals surface area contributed by atoms with Crippen molar-refractivity contribution in [2.24, 2.45) is 10.9 Å². The van der Waals surface area contributed by atoms with Gasteiger partial charge in [0.05, 0.1) is 18.4 Å². The first-order valence-corrected chi connectivity index (χ1v) is 9.83. The number of nitrogens with one attached hydrogen (secondary N) is 1. The third kappa shape index (κ3) is 4.56. The molecule has 1 fully saturated rings. The number of urea groups is 1. The highest BCUT2D eigenvalue weighted by Crippen LogP contribution is 2.31. The highest BCUT2D eigenvalue weighted by molar-refractivity contribution is 6.10. The number of hydrogen-bond donors (Lipinski definition) is 1. The first kappa shape index (κ1) is 19.5. The number of nitrogens with zero attached hydrogens (tertiary/aromatic N) is 2. The Kier molecular flexibility index (Phi) is 6.26. The van der Waals surface area contributed by atoms with Gasteiger partial charge < -0.3 is 10.1 Å². The summed E-state index contributed by atoms with van der Waals surface area (Å²) < 4.78 is 5.37. The Bertz CT molecular complexity index is 738. The fraction of sp³-hybridized carbons (Fsp3) is 0.571. The van der Waals surface area contributed by atoms with Gasteiger partial charge in [0, 0.05) is 6.54 Å². The lowest BCUT2D eigenvalue weighted by Crippen LogP contribution is -2.49. The van der Waals surface area contributed by atoms with Crippen LogP contribution >= 0.6 is 0 Å². The van der Waals surface area contributed by atoms with Crippen LogP contribution in [0.15, 0.2) is 23.2 Å². The average molecular weight is 371 g/mol. The summed E-state index contributed by atoms with van der Waals surface area (Å²) in [5, 5.41) is 2.91. The molecule has 2 unspecified atom stereocenters. The van der Waals surface area contributed by atoms with Crippen LogP contribution in [0.3, 0.4) is 0 Å². The topological polar surface area (TPSA) is 71.0 Å². The van der Waals surface area contributed by atoms with Crippen LogP contribution in [0.2, 0.25) is 0 Å². The van der Waals surface area contributed by atoms with Gasteiger partial charge in [0.15, 0.2) is 0 Å². The number of aliphatic imine (C=N–C) groups is 1. The van der Waals surface area contributed by atoms with Crippen LogP contribution < -0.4 is 5.32 Å². The van der Waals surface area contributed by atoms with Crippen molar-refractivity contribution in [3.8, 4) is 0 Å². The quantitative estimate of drug-likeness (QED) is 0.807. The molecule has 1 N–H and O–H groups in total. The van der Waals surface area contributed by atoms with Crippen molar-refractivity contribution in [2.45, 2.75) is 46.1 Å². The van der Waals surface area contributed by atoms with Crippen LogP contribution in [0.25, 0.3) is 0 Å². The van der Waals surface area contributed by atoms with E-state index in [2.05, 4.69) is 15.2 Å². The molecule has 0 bridgehead atoms. The second-order valence-corrected chi connectivity index (χ2v) is 7.46. The number of carbonyl (C=O) groups is 2. The van der Waals surface area contributed by atoms with Crippen LogP contribution in [0.5, 0.6) is 0 Å². The fourth-order valence-corrected chi connectivity index (χ4v) is 3.98.